The highest BCUT2D eigenvalue weighted by atomic mass is 35.5. The summed E-state index contributed by atoms with van der Waals surface area (Å²) >= 11 is 6.05. The van der Waals surface area contributed by atoms with E-state index in [1.54, 1.807) is 32.0 Å². The average Bonchev–Trinajstić information content (AvgIpc) is 3.24. The fourth-order valence-electron chi connectivity index (χ4n) is 5.45. The van der Waals surface area contributed by atoms with Crippen molar-refractivity contribution in [1.82, 2.24) is 5.16 Å². The minimum absolute atomic E-state index is 0.0585. The van der Waals surface area contributed by atoms with E-state index in [2.05, 4.69) is 22.6 Å². The van der Waals surface area contributed by atoms with Crippen molar-refractivity contribution in [3.8, 4) is 11.3 Å². The molecule has 8 nitrogen and oxygen atoms in total. The van der Waals surface area contributed by atoms with Gasteiger partial charge in [-0.05, 0) is 62.8 Å². The van der Waals surface area contributed by atoms with Crippen molar-refractivity contribution in [3.05, 3.63) is 70.4 Å². The maximum Gasteiger partial charge on any atom is 0.412 e. The van der Waals surface area contributed by atoms with Crippen LogP contribution >= 0.6 is 11.6 Å². The van der Waals surface area contributed by atoms with Crippen LogP contribution in [0.15, 0.2) is 53.1 Å². The smallest absolute Gasteiger partial charge is 0.412 e. The highest BCUT2D eigenvalue weighted by Crippen LogP contribution is 2.51. The number of fused-ring (bicyclic) bond motifs is 3. The van der Waals surface area contributed by atoms with Crippen LogP contribution in [-0.4, -0.2) is 34.5 Å². The highest BCUT2D eigenvalue weighted by molar-refractivity contribution is 6.30. The lowest BCUT2D eigenvalue weighted by atomic mass is 9.62. The minimum Gasteiger partial charge on any atom is -0.481 e. The number of carboxylic acid groups (broad SMARTS) is 1. The van der Waals surface area contributed by atoms with Gasteiger partial charge < -0.3 is 19.1 Å². The van der Waals surface area contributed by atoms with Crippen molar-refractivity contribution in [2.24, 2.45) is 0 Å². The SMILES string of the molecule is Cc1noc(-c2ccc(C34CCC(CC(=O)O)(CC3)OC4)cc2)c1NC(=O)OC(C)c1cccc(Cl)c1. The van der Waals surface area contributed by atoms with Crippen molar-refractivity contribution in [2.45, 2.75) is 63.1 Å². The molecule has 3 fully saturated rings. The molecule has 3 aliphatic rings. The maximum absolute atomic E-state index is 12.7. The van der Waals surface area contributed by atoms with Crippen molar-refractivity contribution < 1.29 is 28.7 Å². The van der Waals surface area contributed by atoms with E-state index in [-0.39, 0.29) is 11.8 Å². The Kier molecular flexibility index (Phi) is 6.72. The number of aromatic nitrogens is 1. The molecule has 6 rings (SSSR count). The second kappa shape index (κ2) is 9.84. The Morgan fingerprint density at radius 1 is 1.16 bits per heavy atom. The summed E-state index contributed by atoms with van der Waals surface area (Å²) in [5.41, 5.74) is 3.06. The van der Waals surface area contributed by atoms with E-state index < -0.39 is 23.8 Å². The number of halogens is 1. The van der Waals surface area contributed by atoms with Gasteiger partial charge in [-0.25, -0.2) is 4.79 Å². The molecule has 2 aromatic carbocycles. The molecule has 1 atom stereocenters. The van der Waals surface area contributed by atoms with Gasteiger partial charge in [-0.2, -0.15) is 0 Å². The number of hydrogen-bond acceptors (Lipinski definition) is 6. The number of ether oxygens (including phenoxy) is 2. The Hall–Kier alpha value is -3.36. The van der Waals surface area contributed by atoms with E-state index in [9.17, 15) is 14.7 Å². The average molecular weight is 525 g/mol. The third kappa shape index (κ3) is 5.08. The van der Waals surface area contributed by atoms with E-state index in [0.29, 0.717) is 28.8 Å². The standard InChI is InChI=1S/C28H29ClN2O6/c1-17-24(30-26(34)36-18(2)20-4-3-5-22(29)14-20)25(37-31-17)19-6-8-21(9-7-19)27-10-12-28(13-11-27,35-16-27)15-23(32)33/h3-9,14,18H,10-13,15-16H2,1-2H3,(H,30,34)(H,32,33). The van der Waals surface area contributed by atoms with Gasteiger partial charge >= 0.3 is 12.1 Å². The molecule has 1 aromatic heterocycles. The summed E-state index contributed by atoms with van der Waals surface area (Å²) < 4.78 is 17.2. The molecule has 1 amide bonds. The number of nitrogens with zero attached hydrogens (tertiary/aromatic N) is 1. The Morgan fingerprint density at radius 2 is 1.89 bits per heavy atom. The van der Waals surface area contributed by atoms with Gasteiger partial charge in [0.2, 0.25) is 0 Å². The van der Waals surface area contributed by atoms with Crippen LogP contribution in [0.2, 0.25) is 5.02 Å². The fraction of sp³-hybridized carbons (Fsp3) is 0.393. The summed E-state index contributed by atoms with van der Waals surface area (Å²) in [6.45, 7) is 4.04. The maximum atomic E-state index is 12.7. The monoisotopic (exact) mass is 524 g/mol. The van der Waals surface area contributed by atoms with Crippen molar-refractivity contribution in [3.63, 3.8) is 0 Å². The normalized spacial score (nSPS) is 23.4. The number of amides is 1. The molecule has 0 radical (unpaired) electrons. The van der Waals surface area contributed by atoms with Gasteiger partial charge in [-0.1, -0.05) is 53.2 Å². The van der Waals surface area contributed by atoms with Gasteiger partial charge in [0.15, 0.2) is 5.76 Å². The Morgan fingerprint density at radius 3 is 2.51 bits per heavy atom. The zero-order chi connectivity index (χ0) is 26.2. The van der Waals surface area contributed by atoms with Crippen LogP contribution in [0.3, 0.4) is 0 Å². The number of anilines is 1. The molecule has 3 heterocycles. The number of aliphatic carboxylic acids is 1. The van der Waals surface area contributed by atoms with Crippen LogP contribution in [0.1, 0.15) is 62.0 Å². The lowest BCUT2D eigenvalue weighted by molar-refractivity contribution is -0.174. The molecule has 2 aliphatic heterocycles. The molecular weight excluding hydrogens is 496 g/mol. The zero-order valence-electron chi connectivity index (χ0n) is 20.8. The Labute approximate surface area is 219 Å². The van der Waals surface area contributed by atoms with Crippen LogP contribution in [0.4, 0.5) is 10.5 Å². The molecular formula is C28H29ClN2O6. The predicted molar refractivity (Wildman–Crippen MR) is 138 cm³/mol. The number of carbonyl (C=O) groups is 2. The third-order valence-electron chi connectivity index (χ3n) is 7.70. The van der Waals surface area contributed by atoms with E-state index >= 15 is 0 Å². The van der Waals surface area contributed by atoms with Gasteiger partial charge in [0.1, 0.15) is 17.5 Å². The van der Waals surface area contributed by atoms with E-state index in [4.69, 9.17) is 25.6 Å². The Bertz CT molecular complexity index is 1290. The summed E-state index contributed by atoms with van der Waals surface area (Å²) in [4.78, 5) is 23.9. The van der Waals surface area contributed by atoms with Crippen LogP contribution in [0.25, 0.3) is 11.3 Å². The number of hydrogen-bond donors (Lipinski definition) is 2. The zero-order valence-corrected chi connectivity index (χ0v) is 21.5. The topological polar surface area (TPSA) is 111 Å². The van der Waals surface area contributed by atoms with Gasteiger partial charge in [0, 0.05) is 16.0 Å². The molecule has 1 aliphatic carbocycles. The number of carbonyl (C=O) groups excluding carboxylic acids is 1. The van der Waals surface area contributed by atoms with Gasteiger partial charge in [-0.15, -0.1) is 0 Å². The number of benzene rings is 2. The van der Waals surface area contributed by atoms with Crippen molar-refractivity contribution in [2.75, 3.05) is 11.9 Å². The second-order valence-corrected chi connectivity index (χ2v) is 10.5. The highest BCUT2D eigenvalue weighted by Gasteiger charge is 2.51. The summed E-state index contributed by atoms with van der Waals surface area (Å²) in [5.74, 6) is -0.369. The van der Waals surface area contributed by atoms with Crippen LogP contribution in [-0.2, 0) is 19.7 Å². The minimum atomic E-state index is -0.812. The largest absolute Gasteiger partial charge is 0.481 e. The number of carboxylic acids is 1. The van der Waals surface area contributed by atoms with Gasteiger partial charge in [-0.3, -0.25) is 10.1 Å². The van der Waals surface area contributed by atoms with Crippen molar-refractivity contribution in [1.29, 1.82) is 0 Å². The molecule has 1 saturated carbocycles. The molecule has 2 saturated heterocycles. The predicted octanol–water partition coefficient (Wildman–Crippen LogP) is 6.67. The van der Waals surface area contributed by atoms with Crippen molar-refractivity contribution >= 4 is 29.4 Å². The first-order valence-electron chi connectivity index (χ1n) is 12.3. The lowest BCUT2D eigenvalue weighted by Gasteiger charge is -2.53. The summed E-state index contributed by atoms with van der Waals surface area (Å²) in [6.07, 6.45) is 2.21. The summed E-state index contributed by atoms with van der Waals surface area (Å²) in [7, 11) is 0. The summed E-state index contributed by atoms with van der Waals surface area (Å²) in [6, 6.07) is 15.2. The first-order valence-corrected chi connectivity index (χ1v) is 12.7. The van der Waals surface area contributed by atoms with Gasteiger partial charge in [0.05, 0.1) is 18.6 Å². The van der Waals surface area contributed by atoms with Crippen LogP contribution < -0.4 is 5.32 Å². The van der Waals surface area contributed by atoms with Crippen LogP contribution in [0, 0.1) is 6.92 Å². The molecule has 37 heavy (non-hydrogen) atoms. The summed E-state index contributed by atoms with van der Waals surface area (Å²) in [5, 5.41) is 16.6. The first kappa shape index (κ1) is 25.3. The fourth-order valence-corrected chi connectivity index (χ4v) is 5.65. The third-order valence-corrected chi connectivity index (χ3v) is 7.93. The molecule has 1 unspecified atom stereocenters. The molecule has 9 heteroatoms. The molecule has 3 aromatic rings. The number of nitrogens with one attached hydrogen (secondary N) is 1. The number of rotatable bonds is 7. The van der Waals surface area contributed by atoms with E-state index in [1.807, 2.05) is 18.2 Å². The van der Waals surface area contributed by atoms with Crippen LogP contribution in [0.5, 0.6) is 0 Å². The van der Waals surface area contributed by atoms with Gasteiger partial charge in [0.25, 0.3) is 0 Å². The molecule has 0 spiro atoms. The van der Waals surface area contributed by atoms with E-state index in [0.717, 1.165) is 42.4 Å². The molecule has 194 valence electrons. The first-order chi connectivity index (χ1) is 17.7. The quantitative estimate of drug-likeness (QED) is 0.355. The lowest BCUT2D eigenvalue weighted by Crippen LogP contribution is -2.54. The Balaban J connectivity index is 1.28. The number of aryl methyl sites for hydroxylation is 1. The molecule has 2 bridgehead atoms. The molecule has 2 N–H and O–H groups in total. The van der Waals surface area contributed by atoms with E-state index in [1.165, 1.54) is 0 Å². The second-order valence-electron chi connectivity index (χ2n) is 10.1.